The van der Waals surface area contributed by atoms with E-state index < -0.39 is 6.37 Å². The first-order valence-electron chi connectivity index (χ1n) is 6.46. The lowest BCUT2D eigenvalue weighted by Crippen LogP contribution is -2.44. The largest absolute Gasteiger partial charge is 0.0596 e. The van der Waals surface area contributed by atoms with Gasteiger partial charge in [-0.1, -0.05) is 54.4 Å². The summed E-state index contributed by atoms with van der Waals surface area (Å²) in [7, 11) is 0. The second kappa shape index (κ2) is 3.00. The molecule has 0 heterocycles. The maximum absolute atomic E-state index is 8.37. The van der Waals surface area contributed by atoms with E-state index in [1.807, 2.05) is 0 Å². The second-order valence-corrected chi connectivity index (χ2v) is 6.44. The molecule has 1 aliphatic carbocycles. The van der Waals surface area contributed by atoms with Gasteiger partial charge >= 0.3 is 0 Å². The van der Waals surface area contributed by atoms with Gasteiger partial charge < -0.3 is 0 Å². The third kappa shape index (κ3) is 1.65. The molecule has 13 heavy (non-hydrogen) atoms. The van der Waals surface area contributed by atoms with Crippen molar-refractivity contribution in [1.29, 1.82) is 0 Å². The van der Waals surface area contributed by atoms with Crippen LogP contribution in [0.5, 0.6) is 0 Å². The van der Waals surface area contributed by atoms with Crippen LogP contribution in [0, 0.1) is 16.2 Å². The highest BCUT2D eigenvalue weighted by atomic mass is 14.6. The molecule has 0 N–H and O–H groups in total. The van der Waals surface area contributed by atoms with Crippen molar-refractivity contribution < 1.29 is 2.74 Å². The molecule has 1 aliphatic rings. The summed E-state index contributed by atoms with van der Waals surface area (Å²) in [5.41, 5.74) is -0.163. The third-order valence-electron chi connectivity index (χ3n) is 3.72. The maximum atomic E-state index is 8.37. The van der Waals surface area contributed by atoms with Crippen molar-refractivity contribution >= 4 is 0 Å². The van der Waals surface area contributed by atoms with Gasteiger partial charge in [0.15, 0.2) is 0 Å². The number of hydrogen-bond acceptors (Lipinski definition) is 0. The molecule has 0 spiro atoms. The summed E-state index contributed by atoms with van der Waals surface area (Å²) in [6.07, 6.45) is 1.75. The minimum absolute atomic E-state index is 0.0191. The molecule has 78 valence electrons. The monoisotopic (exact) mass is 184 g/mol. The zero-order valence-electron chi connectivity index (χ0n) is 12.1. The fraction of sp³-hybridized carbons (Fsp3) is 1.00. The van der Waals surface area contributed by atoms with Gasteiger partial charge in [0.05, 0.1) is 0 Å². The fourth-order valence-electron chi connectivity index (χ4n) is 3.15. The quantitative estimate of drug-likeness (QED) is 0.514. The van der Waals surface area contributed by atoms with Gasteiger partial charge in [0.1, 0.15) is 0 Å². The van der Waals surface area contributed by atoms with E-state index in [1.54, 1.807) is 0 Å². The van der Waals surface area contributed by atoms with Gasteiger partial charge in [-0.2, -0.15) is 0 Å². The van der Waals surface area contributed by atoms with E-state index in [2.05, 4.69) is 41.5 Å². The highest BCUT2D eigenvalue weighted by molar-refractivity contribution is 5.00. The fourth-order valence-corrected chi connectivity index (χ4v) is 3.15. The molecule has 1 saturated carbocycles. The van der Waals surface area contributed by atoms with E-state index >= 15 is 0 Å². The Balaban J connectivity index is 3.33. The highest BCUT2D eigenvalue weighted by Gasteiger charge is 2.51. The third-order valence-corrected chi connectivity index (χ3v) is 3.72. The Labute approximate surface area is 86.9 Å². The van der Waals surface area contributed by atoms with Crippen molar-refractivity contribution in [2.45, 2.75) is 67.2 Å². The van der Waals surface area contributed by atoms with Crippen LogP contribution in [0.25, 0.3) is 0 Å². The predicted molar refractivity (Wildman–Crippen MR) is 59.8 cm³/mol. The van der Waals surface area contributed by atoms with Crippen LogP contribution in [-0.2, 0) is 0 Å². The SMILES string of the molecule is [2H]C1([2H])CCCC1(C(C)(C)C)C(C)(C)C. The van der Waals surface area contributed by atoms with Crippen molar-refractivity contribution in [3.8, 4) is 0 Å². The van der Waals surface area contributed by atoms with Crippen LogP contribution in [0.15, 0.2) is 0 Å². The molecule has 0 saturated heterocycles. The van der Waals surface area contributed by atoms with Crippen LogP contribution in [-0.4, -0.2) is 0 Å². The van der Waals surface area contributed by atoms with Gasteiger partial charge in [-0.15, -0.1) is 0 Å². The molecule has 0 aromatic rings. The molecular formula is C13H26. The Morgan fingerprint density at radius 2 is 1.38 bits per heavy atom. The molecule has 1 rings (SSSR count). The van der Waals surface area contributed by atoms with Crippen LogP contribution in [0.2, 0.25) is 0 Å². The molecule has 0 nitrogen and oxygen atoms in total. The number of hydrogen-bond donors (Lipinski definition) is 0. The molecule has 0 amide bonds. The van der Waals surface area contributed by atoms with Crippen molar-refractivity contribution in [2.75, 3.05) is 0 Å². The van der Waals surface area contributed by atoms with Gasteiger partial charge in [-0.3, -0.25) is 0 Å². The Morgan fingerprint density at radius 3 is 1.54 bits per heavy atom. The van der Waals surface area contributed by atoms with Gasteiger partial charge in [0.2, 0.25) is 0 Å². The average molecular weight is 184 g/mol. The van der Waals surface area contributed by atoms with Crippen LogP contribution in [0.3, 0.4) is 0 Å². The molecular weight excluding hydrogens is 156 g/mol. The normalized spacial score (nSPS) is 29.7. The lowest BCUT2D eigenvalue weighted by Gasteiger charge is -2.52. The summed E-state index contributed by atoms with van der Waals surface area (Å²) in [6, 6.07) is 0. The summed E-state index contributed by atoms with van der Waals surface area (Å²) in [5.74, 6) is 0. The topological polar surface area (TPSA) is 0 Å². The van der Waals surface area contributed by atoms with E-state index in [0.29, 0.717) is 0 Å². The maximum Gasteiger partial charge on any atom is 0.0273 e. The zero-order chi connectivity index (χ0) is 12.1. The van der Waals surface area contributed by atoms with E-state index in [9.17, 15) is 0 Å². The Kier molecular flexibility index (Phi) is 1.92. The van der Waals surface area contributed by atoms with Gasteiger partial charge in [-0.05, 0) is 29.0 Å². The Bertz CT molecular complexity index is 226. The lowest BCUT2D eigenvalue weighted by molar-refractivity contribution is -0.0253. The van der Waals surface area contributed by atoms with Gasteiger partial charge in [-0.25, -0.2) is 0 Å². The first kappa shape index (κ1) is 8.32. The molecule has 0 unspecified atom stereocenters. The molecule has 0 aromatic carbocycles. The smallest absolute Gasteiger partial charge is 0.0273 e. The van der Waals surface area contributed by atoms with Crippen molar-refractivity contribution in [1.82, 2.24) is 0 Å². The molecule has 1 fully saturated rings. The second-order valence-electron chi connectivity index (χ2n) is 6.44. The summed E-state index contributed by atoms with van der Waals surface area (Å²) < 4.78 is 16.7. The molecule has 0 bridgehead atoms. The highest BCUT2D eigenvalue weighted by Crippen LogP contribution is 2.60. The average Bonchev–Trinajstić information content (AvgIpc) is 2.21. The van der Waals surface area contributed by atoms with Crippen LogP contribution in [0.4, 0.5) is 0 Å². The van der Waals surface area contributed by atoms with Gasteiger partial charge in [0.25, 0.3) is 0 Å². The molecule has 0 heteroatoms. The van der Waals surface area contributed by atoms with E-state index in [-0.39, 0.29) is 16.2 Å². The van der Waals surface area contributed by atoms with E-state index in [1.165, 1.54) is 0 Å². The number of rotatable bonds is 0. The summed E-state index contributed by atoms with van der Waals surface area (Å²) in [4.78, 5) is 0. The van der Waals surface area contributed by atoms with E-state index in [0.717, 1.165) is 19.3 Å². The molecule has 0 atom stereocenters. The minimum Gasteiger partial charge on any atom is -0.0596 e. The molecule has 0 aromatic heterocycles. The first-order valence-corrected chi connectivity index (χ1v) is 5.46. The Morgan fingerprint density at radius 1 is 0.923 bits per heavy atom. The summed E-state index contributed by atoms with van der Waals surface area (Å²) >= 11 is 0. The molecule has 0 aliphatic heterocycles. The van der Waals surface area contributed by atoms with Crippen molar-refractivity contribution in [2.24, 2.45) is 16.2 Å². The first-order chi connectivity index (χ1) is 6.46. The minimum atomic E-state index is -1.02. The summed E-state index contributed by atoms with van der Waals surface area (Å²) in [6.45, 7) is 13.2. The predicted octanol–water partition coefficient (Wildman–Crippen LogP) is 4.64. The lowest BCUT2D eigenvalue weighted by atomic mass is 9.53. The van der Waals surface area contributed by atoms with E-state index in [4.69, 9.17) is 2.74 Å². The van der Waals surface area contributed by atoms with Crippen molar-refractivity contribution in [3.63, 3.8) is 0 Å². The summed E-state index contributed by atoms with van der Waals surface area (Å²) in [5, 5.41) is 0. The zero-order valence-corrected chi connectivity index (χ0v) is 10.1. The van der Waals surface area contributed by atoms with Crippen LogP contribution < -0.4 is 0 Å². The van der Waals surface area contributed by atoms with Crippen LogP contribution >= 0.6 is 0 Å². The standard InChI is InChI=1S/C13H26/c1-11(2,3)13(12(4,5)6)9-7-8-10-13/h7-10H2,1-6H3/i9D2. The molecule has 0 radical (unpaired) electrons. The Hall–Kier alpha value is 0. The van der Waals surface area contributed by atoms with Crippen molar-refractivity contribution in [3.05, 3.63) is 0 Å². The van der Waals surface area contributed by atoms with Crippen LogP contribution in [0.1, 0.15) is 69.9 Å². The van der Waals surface area contributed by atoms with Gasteiger partial charge in [0, 0.05) is 2.74 Å².